The van der Waals surface area contributed by atoms with E-state index < -0.39 is 6.04 Å². The Bertz CT molecular complexity index is 1080. The third kappa shape index (κ3) is 7.74. The summed E-state index contributed by atoms with van der Waals surface area (Å²) in [6, 6.07) is 24.7. The van der Waals surface area contributed by atoms with Crippen molar-refractivity contribution < 1.29 is 9.59 Å². The van der Waals surface area contributed by atoms with Gasteiger partial charge >= 0.3 is 0 Å². The summed E-state index contributed by atoms with van der Waals surface area (Å²) in [6.07, 6.45) is 2.52. The van der Waals surface area contributed by atoms with E-state index in [1.807, 2.05) is 67.6 Å². The molecule has 178 valence electrons. The Morgan fingerprint density at radius 1 is 0.912 bits per heavy atom. The highest BCUT2D eigenvalue weighted by Gasteiger charge is 2.30. The predicted molar refractivity (Wildman–Crippen MR) is 139 cm³/mol. The van der Waals surface area contributed by atoms with E-state index in [0.717, 1.165) is 35.1 Å². The van der Waals surface area contributed by atoms with Gasteiger partial charge in [-0.1, -0.05) is 97.2 Å². The molecule has 0 aliphatic heterocycles. The van der Waals surface area contributed by atoms with Crippen molar-refractivity contribution in [1.82, 2.24) is 10.2 Å². The maximum absolute atomic E-state index is 13.7. The SMILES string of the molecule is CCCCNC(=O)[C@@H](Cc1ccccc1)N(Cc1cccc(C)c1)C(=O)Cc1cccc(Cl)c1. The number of carbonyl (C=O) groups excluding carboxylic acids is 2. The first-order valence-corrected chi connectivity index (χ1v) is 12.2. The van der Waals surface area contributed by atoms with Gasteiger partial charge in [-0.2, -0.15) is 0 Å². The number of rotatable bonds is 11. The van der Waals surface area contributed by atoms with Crippen LogP contribution in [0.25, 0.3) is 0 Å². The van der Waals surface area contributed by atoms with Gasteiger partial charge in [0.1, 0.15) is 6.04 Å². The molecular formula is C29H33ClN2O2. The first-order valence-electron chi connectivity index (χ1n) is 11.9. The van der Waals surface area contributed by atoms with Gasteiger partial charge < -0.3 is 10.2 Å². The van der Waals surface area contributed by atoms with Crippen LogP contribution in [-0.2, 0) is 29.0 Å². The number of halogens is 1. The fourth-order valence-corrected chi connectivity index (χ4v) is 4.20. The predicted octanol–water partition coefficient (Wildman–Crippen LogP) is 5.75. The maximum atomic E-state index is 13.7. The van der Waals surface area contributed by atoms with Crippen LogP contribution in [0, 0.1) is 6.92 Å². The zero-order chi connectivity index (χ0) is 24.3. The molecule has 0 unspecified atom stereocenters. The minimum absolute atomic E-state index is 0.102. The molecule has 4 nitrogen and oxygen atoms in total. The molecule has 0 aliphatic rings. The molecular weight excluding hydrogens is 444 g/mol. The molecule has 0 bridgehead atoms. The van der Waals surface area contributed by atoms with Gasteiger partial charge in [0.2, 0.25) is 11.8 Å². The molecule has 0 spiro atoms. The molecule has 5 heteroatoms. The minimum atomic E-state index is -0.619. The number of nitrogens with zero attached hydrogens (tertiary/aromatic N) is 1. The van der Waals surface area contributed by atoms with Gasteiger partial charge in [0.05, 0.1) is 6.42 Å². The summed E-state index contributed by atoms with van der Waals surface area (Å²) < 4.78 is 0. The lowest BCUT2D eigenvalue weighted by Crippen LogP contribution is -2.51. The number of amides is 2. The molecule has 3 aromatic carbocycles. The van der Waals surface area contributed by atoms with Crippen LogP contribution in [-0.4, -0.2) is 29.3 Å². The molecule has 0 aliphatic carbocycles. The fraction of sp³-hybridized carbons (Fsp3) is 0.310. The van der Waals surface area contributed by atoms with Gasteiger partial charge in [0, 0.05) is 24.5 Å². The number of hydrogen-bond acceptors (Lipinski definition) is 2. The second-order valence-electron chi connectivity index (χ2n) is 8.67. The van der Waals surface area contributed by atoms with Gasteiger partial charge in [-0.25, -0.2) is 0 Å². The molecule has 0 saturated carbocycles. The summed E-state index contributed by atoms with van der Waals surface area (Å²) in [6.45, 7) is 5.08. The summed E-state index contributed by atoms with van der Waals surface area (Å²) >= 11 is 6.16. The van der Waals surface area contributed by atoms with Crippen LogP contribution in [0.5, 0.6) is 0 Å². The van der Waals surface area contributed by atoms with E-state index in [-0.39, 0.29) is 18.2 Å². The van der Waals surface area contributed by atoms with Crippen LogP contribution in [0.1, 0.15) is 42.0 Å². The van der Waals surface area contributed by atoms with Gasteiger partial charge in [-0.05, 0) is 42.2 Å². The average Bonchev–Trinajstić information content (AvgIpc) is 2.82. The smallest absolute Gasteiger partial charge is 0.243 e. The normalized spacial score (nSPS) is 11.6. The molecule has 34 heavy (non-hydrogen) atoms. The molecule has 0 saturated heterocycles. The zero-order valence-electron chi connectivity index (χ0n) is 20.0. The van der Waals surface area contributed by atoms with Crippen LogP contribution in [0.4, 0.5) is 0 Å². The molecule has 0 fully saturated rings. The summed E-state index contributed by atoms with van der Waals surface area (Å²) in [4.78, 5) is 28.8. The highest BCUT2D eigenvalue weighted by molar-refractivity contribution is 6.30. The number of hydrogen-bond donors (Lipinski definition) is 1. The number of unbranched alkanes of at least 4 members (excludes halogenated alkanes) is 1. The van der Waals surface area contributed by atoms with Gasteiger partial charge in [-0.3, -0.25) is 9.59 Å². The maximum Gasteiger partial charge on any atom is 0.243 e. The molecule has 1 N–H and O–H groups in total. The summed E-state index contributed by atoms with van der Waals surface area (Å²) in [5, 5.41) is 3.65. The van der Waals surface area contributed by atoms with Crippen molar-refractivity contribution in [2.75, 3.05) is 6.54 Å². The second kappa shape index (κ2) is 13.0. The number of nitrogens with one attached hydrogen (secondary N) is 1. The van der Waals surface area contributed by atoms with Crippen LogP contribution in [0.2, 0.25) is 5.02 Å². The van der Waals surface area contributed by atoms with Crippen LogP contribution >= 0.6 is 11.6 Å². The first-order chi connectivity index (χ1) is 16.5. The van der Waals surface area contributed by atoms with E-state index in [2.05, 4.69) is 18.3 Å². The van der Waals surface area contributed by atoms with Crippen molar-refractivity contribution in [2.45, 2.75) is 52.1 Å². The van der Waals surface area contributed by atoms with Gasteiger partial charge in [0.15, 0.2) is 0 Å². The second-order valence-corrected chi connectivity index (χ2v) is 9.10. The molecule has 3 rings (SSSR count). The topological polar surface area (TPSA) is 49.4 Å². The van der Waals surface area contributed by atoms with E-state index >= 15 is 0 Å². The van der Waals surface area contributed by atoms with Gasteiger partial charge in [-0.15, -0.1) is 0 Å². The highest BCUT2D eigenvalue weighted by Crippen LogP contribution is 2.18. The van der Waals surface area contributed by atoms with Crippen LogP contribution in [0.15, 0.2) is 78.9 Å². The molecule has 0 heterocycles. The Balaban J connectivity index is 1.94. The van der Waals surface area contributed by atoms with E-state index in [4.69, 9.17) is 11.6 Å². The highest BCUT2D eigenvalue weighted by atomic mass is 35.5. The van der Waals surface area contributed by atoms with E-state index in [1.54, 1.807) is 17.0 Å². The van der Waals surface area contributed by atoms with E-state index in [1.165, 1.54) is 0 Å². The lowest BCUT2D eigenvalue weighted by molar-refractivity contribution is -0.140. The van der Waals surface area contributed by atoms with Crippen LogP contribution < -0.4 is 5.32 Å². The average molecular weight is 477 g/mol. The number of carbonyl (C=O) groups is 2. The lowest BCUT2D eigenvalue weighted by Gasteiger charge is -2.32. The Morgan fingerprint density at radius 2 is 1.62 bits per heavy atom. The van der Waals surface area contributed by atoms with Crippen molar-refractivity contribution >= 4 is 23.4 Å². The number of aryl methyl sites for hydroxylation is 1. The molecule has 0 aromatic heterocycles. The fourth-order valence-electron chi connectivity index (χ4n) is 3.99. The van der Waals surface area contributed by atoms with Crippen molar-refractivity contribution in [1.29, 1.82) is 0 Å². The first kappa shape index (κ1) is 25.5. The Labute approximate surface area is 207 Å². The number of benzene rings is 3. The van der Waals surface area contributed by atoms with Crippen molar-refractivity contribution in [3.63, 3.8) is 0 Å². The van der Waals surface area contributed by atoms with E-state index in [9.17, 15) is 9.59 Å². The van der Waals surface area contributed by atoms with Gasteiger partial charge in [0.25, 0.3) is 0 Å². The Hall–Kier alpha value is -3.11. The Morgan fingerprint density at radius 3 is 2.32 bits per heavy atom. The third-order valence-electron chi connectivity index (χ3n) is 5.78. The zero-order valence-corrected chi connectivity index (χ0v) is 20.7. The molecule has 0 radical (unpaired) electrons. The molecule has 1 atom stereocenters. The monoisotopic (exact) mass is 476 g/mol. The van der Waals surface area contributed by atoms with Crippen molar-refractivity contribution in [2.24, 2.45) is 0 Å². The van der Waals surface area contributed by atoms with Crippen molar-refractivity contribution in [3.05, 3.63) is 106 Å². The van der Waals surface area contributed by atoms with Crippen LogP contribution in [0.3, 0.4) is 0 Å². The largest absolute Gasteiger partial charge is 0.354 e. The lowest BCUT2D eigenvalue weighted by atomic mass is 10.0. The molecule has 2 amide bonds. The van der Waals surface area contributed by atoms with E-state index in [0.29, 0.717) is 24.5 Å². The molecule has 3 aromatic rings. The Kier molecular flexibility index (Phi) is 9.72. The third-order valence-corrected chi connectivity index (χ3v) is 6.02. The van der Waals surface area contributed by atoms with Crippen molar-refractivity contribution in [3.8, 4) is 0 Å². The standard InChI is InChI=1S/C29H33ClN2O2/c1-3-4-16-31-29(34)27(19-23-11-6-5-7-12-23)32(21-25-14-8-10-22(2)17-25)28(33)20-24-13-9-15-26(30)18-24/h5-15,17-18,27H,3-4,16,19-21H2,1-2H3,(H,31,34)/t27-/m1/s1. The minimum Gasteiger partial charge on any atom is -0.354 e. The summed E-state index contributed by atoms with van der Waals surface area (Å²) in [5.41, 5.74) is 3.96. The quantitative estimate of drug-likeness (QED) is 0.358. The summed E-state index contributed by atoms with van der Waals surface area (Å²) in [5.74, 6) is -0.222. The summed E-state index contributed by atoms with van der Waals surface area (Å²) in [7, 11) is 0.